The fraction of sp³-hybridized carbons (Fsp3) is 0.458. The largest absolute Gasteiger partial charge is 0.494 e. The van der Waals surface area contributed by atoms with E-state index in [1.54, 1.807) is 18.7 Å². The highest BCUT2D eigenvalue weighted by Gasteiger charge is 2.21. The zero-order valence-electron chi connectivity index (χ0n) is 21.2. The summed E-state index contributed by atoms with van der Waals surface area (Å²) in [7, 11) is -3.77. The minimum Gasteiger partial charge on any atom is -0.494 e. The van der Waals surface area contributed by atoms with E-state index in [0.717, 1.165) is 6.42 Å². The molecule has 3 rings (SSSR count). The highest BCUT2D eigenvalue weighted by atomic mass is 32.2. The molecule has 2 heterocycles. The van der Waals surface area contributed by atoms with Crippen LogP contribution in [0.3, 0.4) is 0 Å². The Balaban J connectivity index is 1.73. The summed E-state index contributed by atoms with van der Waals surface area (Å²) < 4.78 is 28.4. The lowest BCUT2D eigenvalue weighted by molar-refractivity contribution is -0.127. The highest BCUT2D eigenvalue weighted by Crippen LogP contribution is 2.27. The fourth-order valence-electron chi connectivity index (χ4n) is 3.92. The molecule has 12 nitrogen and oxygen atoms in total. The van der Waals surface area contributed by atoms with Crippen molar-refractivity contribution in [3.8, 4) is 5.88 Å². The SMILES string of the molecule is CC(=O)NCCNS(=O)(=O)c1ccc(N=Nc2c(C)c(C)c(O)n(CCCN3CCCC3=O)c2=O)cc1. The molecule has 0 radical (unpaired) electrons. The molecule has 13 heteroatoms. The van der Waals surface area contributed by atoms with Crippen LogP contribution in [0.15, 0.2) is 44.2 Å². The molecule has 0 spiro atoms. The van der Waals surface area contributed by atoms with Gasteiger partial charge in [0.2, 0.25) is 21.8 Å². The van der Waals surface area contributed by atoms with Gasteiger partial charge in [-0.25, -0.2) is 13.1 Å². The standard InChI is InChI=1S/C24H32N6O6S/c1-16-17(2)23(33)30(15-5-14-29-13-4-6-21(29)32)24(34)22(16)28-27-19-7-9-20(10-8-19)37(35,36)26-12-11-25-18(3)31/h7-10,26,33H,4-6,11-15H2,1-3H3,(H,25,31). The summed E-state index contributed by atoms with van der Waals surface area (Å²) in [4.78, 5) is 37.6. The number of rotatable bonds is 11. The van der Waals surface area contributed by atoms with Crippen molar-refractivity contribution in [1.82, 2.24) is 19.5 Å². The molecule has 0 unspecified atom stereocenters. The number of benzene rings is 1. The van der Waals surface area contributed by atoms with Gasteiger partial charge in [-0.3, -0.25) is 19.0 Å². The number of sulfonamides is 1. The number of pyridine rings is 1. The van der Waals surface area contributed by atoms with Gasteiger partial charge in [-0.05, 0) is 56.5 Å². The maximum Gasteiger partial charge on any atom is 0.281 e. The van der Waals surface area contributed by atoms with Crippen molar-refractivity contribution < 1.29 is 23.1 Å². The zero-order chi connectivity index (χ0) is 27.2. The third-order valence-electron chi connectivity index (χ3n) is 6.14. The van der Waals surface area contributed by atoms with Crippen LogP contribution in [0.1, 0.15) is 37.3 Å². The molecule has 3 N–H and O–H groups in total. The van der Waals surface area contributed by atoms with Gasteiger partial charge in [-0.15, -0.1) is 5.11 Å². The molecule has 0 aliphatic carbocycles. The molecule has 2 aromatic rings. The van der Waals surface area contributed by atoms with Crippen molar-refractivity contribution in [1.29, 1.82) is 0 Å². The summed E-state index contributed by atoms with van der Waals surface area (Å²) in [6.07, 6.45) is 1.88. The molecule has 2 amide bonds. The van der Waals surface area contributed by atoms with Crippen LogP contribution in [0.5, 0.6) is 5.88 Å². The van der Waals surface area contributed by atoms with E-state index >= 15 is 0 Å². The van der Waals surface area contributed by atoms with Crippen LogP contribution in [0, 0.1) is 13.8 Å². The Morgan fingerprint density at radius 3 is 2.38 bits per heavy atom. The maximum atomic E-state index is 13.1. The number of likely N-dealkylation sites (tertiary alicyclic amines) is 1. The molecule has 1 aromatic heterocycles. The van der Waals surface area contributed by atoms with E-state index in [1.807, 2.05) is 0 Å². The van der Waals surface area contributed by atoms with E-state index in [9.17, 15) is 27.9 Å². The summed E-state index contributed by atoms with van der Waals surface area (Å²) in [6.45, 7) is 6.34. The van der Waals surface area contributed by atoms with E-state index in [-0.39, 0.29) is 47.9 Å². The molecule has 1 aliphatic rings. The van der Waals surface area contributed by atoms with Crippen LogP contribution < -0.4 is 15.6 Å². The van der Waals surface area contributed by atoms with Gasteiger partial charge in [0.05, 0.1) is 10.6 Å². The third kappa shape index (κ3) is 7.01. The molecule has 1 fully saturated rings. The first kappa shape index (κ1) is 28.0. The van der Waals surface area contributed by atoms with Crippen LogP contribution in [-0.4, -0.2) is 61.0 Å². The van der Waals surface area contributed by atoms with E-state index in [0.29, 0.717) is 42.7 Å². The van der Waals surface area contributed by atoms with Crippen molar-refractivity contribution in [3.05, 3.63) is 45.7 Å². The Bertz CT molecular complexity index is 1350. The van der Waals surface area contributed by atoms with Crippen LogP contribution in [-0.2, 0) is 26.2 Å². The van der Waals surface area contributed by atoms with Crippen molar-refractivity contribution >= 4 is 33.2 Å². The lowest BCUT2D eigenvalue weighted by Gasteiger charge is -2.17. The minimum absolute atomic E-state index is 0.0183. The highest BCUT2D eigenvalue weighted by molar-refractivity contribution is 7.89. The van der Waals surface area contributed by atoms with Crippen LogP contribution in [0.25, 0.3) is 0 Å². The molecular weight excluding hydrogens is 500 g/mol. The average molecular weight is 533 g/mol. The topological polar surface area (TPSA) is 163 Å². The molecule has 1 aromatic carbocycles. The predicted molar refractivity (Wildman–Crippen MR) is 137 cm³/mol. The Morgan fingerprint density at radius 1 is 1.05 bits per heavy atom. The molecule has 1 aliphatic heterocycles. The monoisotopic (exact) mass is 532 g/mol. The van der Waals surface area contributed by atoms with Crippen LogP contribution in [0.4, 0.5) is 11.4 Å². The fourth-order valence-corrected chi connectivity index (χ4v) is 4.96. The van der Waals surface area contributed by atoms with Crippen molar-refractivity contribution in [2.45, 2.75) is 51.5 Å². The van der Waals surface area contributed by atoms with Gasteiger partial charge < -0.3 is 15.3 Å². The first-order valence-electron chi connectivity index (χ1n) is 12.0. The number of amides is 2. The van der Waals surface area contributed by atoms with Gasteiger partial charge in [0.15, 0.2) is 11.6 Å². The average Bonchev–Trinajstić information content (AvgIpc) is 3.27. The molecule has 0 bridgehead atoms. The van der Waals surface area contributed by atoms with Gasteiger partial charge in [0, 0.05) is 51.6 Å². The van der Waals surface area contributed by atoms with Crippen molar-refractivity contribution in [2.75, 3.05) is 26.2 Å². The van der Waals surface area contributed by atoms with Gasteiger partial charge in [0.1, 0.15) is 0 Å². The van der Waals surface area contributed by atoms with Crippen molar-refractivity contribution in [3.63, 3.8) is 0 Å². The van der Waals surface area contributed by atoms with E-state index in [4.69, 9.17) is 0 Å². The van der Waals surface area contributed by atoms with Gasteiger partial charge in [0.25, 0.3) is 5.56 Å². The summed E-state index contributed by atoms with van der Waals surface area (Å²) in [6, 6.07) is 5.64. The number of carbonyl (C=O) groups is 2. The molecule has 0 saturated carbocycles. The van der Waals surface area contributed by atoms with Gasteiger partial charge in [-0.2, -0.15) is 5.11 Å². The normalized spacial score (nSPS) is 14.0. The number of hydrogen-bond donors (Lipinski definition) is 3. The summed E-state index contributed by atoms with van der Waals surface area (Å²) in [5.74, 6) is -0.293. The summed E-state index contributed by atoms with van der Waals surface area (Å²) in [5, 5.41) is 21.3. The first-order valence-corrected chi connectivity index (χ1v) is 13.5. The quantitative estimate of drug-likeness (QED) is 0.296. The zero-order valence-corrected chi connectivity index (χ0v) is 22.0. The lowest BCUT2D eigenvalue weighted by Crippen LogP contribution is -2.33. The van der Waals surface area contributed by atoms with E-state index < -0.39 is 15.6 Å². The molecule has 37 heavy (non-hydrogen) atoms. The number of nitrogens with zero attached hydrogens (tertiary/aromatic N) is 4. The second-order valence-corrected chi connectivity index (χ2v) is 10.6. The third-order valence-corrected chi connectivity index (χ3v) is 7.62. The Hall–Kier alpha value is -3.58. The number of aromatic hydroxyl groups is 1. The summed E-state index contributed by atoms with van der Waals surface area (Å²) >= 11 is 0. The Kier molecular flexibility index (Phi) is 9.16. The van der Waals surface area contributed by atoms with E-state index in [2.05, 4.69) is 20.3 Å². The van der Waals surface area contributed by atoms with Crippen LogP contribution >= 0.6 is 0 Å². The maximum absolute atomic E-state index is 13.1. The molecule has 200 valence electrons. The number of hydrogen-bond acceptors (Lipinski definition) is 8. The predicted octanol–water partition coefficient (Wildman–Crippen LogP) is 2.01. The number of nitrogens with one attached hydrogen (secondary N) is 2. The number of azo groups is 1. The molecule has 0 atom stereocenters. The second kappa shape index (κ2) is 12.1. The molecule has 1 saturated heterocycles. The smallest absolute Gasteiger partial charge is 0.281 e. The number of carbonyl (C=O) groups excluding carboxylic acids is 2. The summed E-state index contributed by atoms with van der Waals surface area (Å²) in [5.41, 5.74) is 0.890. The van der Waals surface area contributed by atoms with E-state index in [1.165, 1.54) is 35.8 Å². The minimum atomic E-state index is -3.77. The van der Waals surface area contributed by atoms with Crippen molar-refractivity contribution in [2.24, 2.45) is 10.2 Å². The van der Waals surface area contributed by atoms with Gasteiger partial charge >= 0.3 is 0 Å². The van der Waals surface area contributed by atoms with Crippen LogP contribution in [0.2, 0.25) is 0 Å². The first-order chi connectivity index (χ1) is 17.5. The lowest BCUT2D eigenvalue weighted by atomic mass is 10.1. The molecular formula is C24H32N6O6S. The van der Waals surface area contributed by atoms with Gasteiger partial charge in [-0.1, -0.05) is 0 Å². The second-order valence-electron chi connectivity index (χ2n) is 8.79. The Labute approximate surface area is 215 Å². The Morgan fingerprint density at radius 2 is 1.76 bits per heavy atom. The number of aromatic nitrogens is 1.